The molecule has 0 aliphatic carbocycles. The maximum atomic E-state index is 11.7. The third kappa shape index (κ3) is 4.94. The molecule has 0 unspecified atom stereocenters. The van der Waals surface area contributed by atoms with E-state index in [1.165, 1.54) is 13.2 Å². The fraction of sp³-hybridized carbons (Fsp3) is 0.429. The highest BCUT2D eigenvalue weighted by molar-refractivity contribution is 8.19. The topological polar surface area (TPSA) is 110 Å². The molecule has 1 N–H and O–H groups in total. The van der Waals surface area contributed by atoms with Crippen LogP contribution in [-0.4, -0.2) is 57.4 Å². The summed E-state index contributed by atoms with van der Waals surface area (Å²) >= 11 is 3.37. The highest BCUT2D eigenvalue weighted by atomic mass is 32.2. The van der Waals surface area contributed by atoms with Gasteiger partial charge in [0.15, 0.2) is 17.2 Å². The minimum Gasteiger partial charge on any atom is -0.493 e. The van der Waals surface area contributed by atoms with Crippen LogP contribution in [0.5, 0.6) is 28.7 Å². The molecule has 1 aliphatic heterocycles. The molecule has 3 rings (SSSR count). The SMILES string of the molecule is COc1cc([C@H]2CS[C@H](c3cc(OC)c(OCCO)c([N+](=O)[O-])c3)S2)cc(OC)c1OC. The predicted molar refractivity (Wildman–Crippen MR) is 124 cm³/mol. The first-order valence-corrected chi connectivity index (χ1v) is 11.6. The van der Waals surface area contributed by atoms with Crippen LogP contribution in [0.2, 0.25) is 0 Å². The number of ether oxygens (including phenoxy) is 5. The lowest BCUT2D eigenvalue weighted by atomic mass is 10.1. The second-order valence-electron chi connectivity index (χ2n) is 6.65. The lowest BCUT2D eigenvalue weighted by molar-refractivity contribution is -0.386. The molecule has 0 spiro atoms. The van der Waals surface area contributed by atoms with Gasteiger partial charge in [0.05, 0.1) is 44.6 Å². The third-order valence-electron chi connectivity index (χ3n) is 4.83. The summed E-state index contributed by atoms with van der Waals surface area (Å²) in [5.74, 6) is 2.78. The van der Waals surface area contributed by atoms with Gasteiger partial charge in [0.1, 0.15) is 6.61 Å². The molecule has 0 bridgehead atoms. The average molecular weight is 484 g/mol. The molecule has 2 aromatic rings. The lowest BCUT2D eigenvalue weighted by Gasteiger charge is -2.17. The number of nitrogens with zero attached hydrogens (tertiary/aromatic N) is 1. The fourth-order valence-electron chi connectivity index (χ4n) is 3.36. The summed E-state index contributed by atoms with van der Waals surface area (Å²) in [4.78, 5) is 11.2. The first-order valence-electron chi connectivity index (χ1n) is 9.64. The minimum absolute atomic E-state index is 0.0180. The van der Waals surface area contributed by atoms with Crippen molar-refractivity contribution in [3.05, 3.63) is 45.5 Å². The van der Waals surface area contributed by atoms with Crippen molar-refractivity contribution in [3.63, 3.8) is 0 Å². The zero-order valence-corrected chi connectivity index (χ0v) is 19.8. The van der Waals surface area contributed by atoms with Gasteiger partial charge in [0.25, 0.3) is 0 Å². The van der Waals surface area contributed by atoms with Crippen LogP contribution in [-0.2, 0) is 0 Å². The van der Waals surface area contributed by atoms with E-state index in [1.54, 1.807) is 50.9 Å². The zero-order chi connectivity index (χ0) is 23.3. The Balaban J connectivity index is 1.91. The number of nitro benzene ring substituents is 1. The van der Waals surface area contributed by atoms with Crippen LogP contribution in [0.15, 0.2) is 24.3 Å². The lowest BCUT2D eigenvalue weighted by Crippen LogP contribution is -2.06. The van der Waals surface area contributed by atoms with Gasteiger partial charge in [-0.15, -0.1) is 23.5 Å². The van der Waals surface area contributed by atoms with E-state index in [0.29, 0.717) is 17.2 Å². The van der Waals surface area contributed by atoms with Crippen molar-refractivity contribution in [2.45, 2.75) is 9.83 Å². The quantitative estimate of drug-likeness (QED) is 0.390. The van der Waals surface area contributed by atoms with Gasteiger partial charge in [-0.05, 0) is 29.3 Å². The van der Waals surface area contributed by atoms with Gasteiger partial charge >= 0.3 is 5.69 Å². The van der Waals surface area contributed by atoms with Crippen molar-refractivity contribution < 1.29 is 33.7 Å². The molecule has 9 nitrogen and oxygen atoms in total. The minimum atomic E-state index is -0.500. The second-order valence-corrected chi connectivity index (χ2v) is 9.40. The molecular weight excluding hydrogens is 458 g/mol. The molecule has 11 heteroatoms. The van der Waals surface area contributed by atoms with E-state index in [2.05, 4.69) is 0 Å². The largest absolute Gasteiger partial charge is 0.493 e. The molecule has 174 valence electrons. The van der Waals surface area contributed by atoms with E-state index >= 15 is 0 Å². The molecule has 0 aromatic heterocycles. The van der Waals surface area contributed by atoms with Gasteiger partial charge < -0.3 is 28.8 Å². The monoisotopic (exact) mass is 483 g/mol. The molecule has 1 aliphatic rings. The number of nitro groups is 1. The molecule has 1 fully saturated rings. The van der Waals surface area contributed by atoms with Crippen LogP contribution in [0.25, 0.3) is 0 Å². The summed E-state index contributed by atoms with van der Waals surface area (Å²) in [7, 11) is 6.14. The number of rotatable bonds is 10. The van der Waals surface area contributed by atoms with Crippen LogP contribution >= 0.6 is 23.5 Å². The van der Waals surface area contributed by atoms with E-state index in [4.69, 9.17) is 28.8 Å². The second kappa shape index (κ2) is 10.9. The van der Waals surface area contributed by atoms with Crippen molar-refractivity contribution in [2.24, 2.45) is 0 Å². The molecular formula is C21H25NO8S2. The Morgan fingerprint density at radius 2 is 1.56 bits per heavy atom. The number of hydrogen-bond acceptors (Lipinski definition) is 10. The summed E-state index contributed by atoms with van der Waals surface area (Å²) < 4.78 is 27.0. The molecule has 2 aromatic carbocycles. The average Bonchev–Trinajstić information content (AvgIpc) is 3.31. The smallest absolute Gasteiger partial charge is 0.315 e. The fourth-order valence-corrected chi connectivity index (χ4v) is 6.62. The summed E-state index contributed by atoms with van der Waals surface area (Å²) in [5.41, 5.74) is 1.59. The van der Waals surface area contributed by atoms with Gasteiger partial charge in [-0.3, -0.25) is 10.1 Å². The van der Waals surface area contributed by atoms with Gasteiger partial charge in [0.2, 0.25) is 11.5 Å². The van der Waals surface area contributed by atoms with Gasteiger partial charge in [-0.25, -0.2) is 0 Å². The van der Waals surface area contributed by atoms with Gasteiger partial charge in [-0.1, -0.05) is 0 Å². The number of aliphatic hydroxyl groups is 1. The maximum Gasteiger partial charge on any atom is 0.315 e. The van der Waals surface area contributed by atoms with E-state index in [0.717, 1.165) is 16.9 Å². The molecule has 2 atom stereocenters. The van der Waals surface area contributed by atoms with Crippen molar-refractivity contribution in [1.29, 1.82) is 0 Å². The number of methoxy groups -OCH3 is 4. The molecule has 0 radical (unpaired) electrons. The number of aliphatic hydroxyl groups excluding tert-OH is 1. The molecule has 1 heterocycles. The molecule has 0 amide bonds. The summed E-state index contributed by atoms with van der Waals surface area (Å²) in [6.07, 6.45) is 0. The predicted octanol–water partition coefficient (Wildman–Crippen LogP) is 4.22. The summed E-state index contributed by atoms with van der Waals surface area (Å²) in [6.45, 7) is -0.320. The Morgan fingerprint density at radius 3 is 2.09 bits per heavy atom. The standard InChI is InChI=1S/C21H25NO8S2/c1-26-15-10-13(7-14(22(24)25)19(15)30-6-5-23)21-31-11-18(32-21)12-8-16(27-2)20(29-4)17(9-12)28-3/h7-10,18,21,23H,5-6,11H2,1-4H3/t18-,21+/m1/s1. The van der Waals surface area contributed by atoms with Crippen molar-refractivity contribution in [1.82, 2.24) is 0 Å². The van der Waals surface area contributed by atoms with Gasteiger partial charge in [-0.2, -0.15) is 0 Å². The Morgan fingerprint density at radius 1 is 0.969 bits per heavy atom. The summed E-state index contributed by atoms with van der Waals surface area (Å²) in [6, 6.07) is 7.12. The molecule has 1 saturated heterocycles. The Hall–Kier alpha value is -2.50. The number of hydrogen-bond donors (Lipinski definition) is 1. The highest BCUT2D eigenvalue weighted by Gasteiger charge is 2.33. The summed E-state index contributed by atoms with van der Waals surface area (Å²) in [5, 5.41) is 20.8. The Labute approximate surface area is 194 Å². The van der Waals surface area contributed by atoms with Crippen LogP contribution < -0.4 is 23.7 Å². The number of benzene rings is 2. The Bertz CT molecular complexity index is 946. The first kappa shape index (κ1) is 24.1. The van der Waals surface area contributed by atoms with Gasteiger partial charge in [0, 0.05) is 17.1 Å². The van der Waals surface area contributed by atoms with E-state index in [9.17, 15) is 10.1 Å². The van der Waals surface area contributed by atoms with E-state index in [1.807, 2.05) is 12.1 Å². The highest BCUT2D eigenvalue weighted by Crippen LogP contribution is 2.58. The van der Waals surface area contributed by atoms with Crippen LogP contribution in [0.3, 0.4) is 0 Å². The normalized spacial score (nSPS) is 17.7. The third-order valence-corrected chi connectivity index (χ3v) is 8.17. The first-order chi connectivity index (χ1) is 15.5. The van der Waals surface area contributed by atoms with Crippen LogP contribution in [0, 0.1) is 10.1 Å². The Kier molecular flexibility index (Phi) is 8.21. The molecule has 0 saturated carbocycles. The van der Waals surface area contributed by atoms with Crippen LogP contribution in [0.1, 0.15) is 21.0 Å². The maximum absolute atomic E-state index is 11.7. The molecule has 32 heavy (non-hydrogen) atoms. The van der Waals surface area contributed by atoms with E-state index in [-0.39, 0.29) is 40.2 Å². The zero-order valence-electron chi connectivity index (χ0n) is 18.2. The number of thioether (sulfide) groups is 2. The van der Waals surface area contributed by atoms with Crippen molar-refractivity contribution in [2.75, 3.05) is 47.4 Å². The van der Waals surface area contributed by atoms with E-state index < -0.39 is 4.92 Å². The van der Waals surface area contributed by atoms with Crippen molar-refractivity contribution in [3.8, 4) is 28.7 Å². The van der Waals surface area contributed by atoms with Crippen molar-refractivity contribution >= 4 is 29.2 Å². The van der Waals surface area contributed by atoms with Crippen LogP contribution in [0.4, 0.5) is 5.69 Å².